The third-order valence-corrected chi connectivity index (χ3v) is 7.53. The summed E-state index contributed by atoms with van der Waals surface area (Å²) in [5, 5.41) is 28.4. The monoisotopic (exact) mass is 517 g/mol. The maximum absolute atomic E-state index is 13.6. The molecule has 2 aromatic heterocycles. The van der Waals surface area contributed by atoms with Gasteiger partial charge in [0.2, 0.25) is 0 Å². The van der Waals surface area contributed by atoms with Gasteiger partial charge in [-0.2, -0.15) is 0 Å². The molecule has 0 spiro atoms. The quantitative estimate of drug-likeness (QED) is 0.321. The number of nitro benzene ring substituents is 1. The number of fused-ring (bicyclic) bond motifs is 1. The molecule has 2 aromatic carbocycles. The first-order chi connectivity index (χ1) is 17.3. The summed E-state index contributed by atoms with van der Waals surface area (Å²) in [6, 6.07) is 15.9. The molecule has 1 N–H and O–H groups in total. The van der Waals surface area contributed by atoms with Gasteiger partial charge in [-0.1, -0.05) is 47.7 Å². The van der Waals surface area contributed by atoms with Crippen molar-refractivity contribution < 1.29 is 14.8 Å². The van der Waals surface area contributed by atoms with Gasteiger partial charge in [0.1, 0.15) is 6.04 Å². The minimum Gasteiger partial charge on any atom is -0.867 e. The van der Waals surface area contributed by atoms with Crippen molar-refractivity contribution in [3.63, 3.8) is 0 Å². The van der Waals surface area contributed by atoms with Crippen molar-refractivity contribution in [1.29, 1.82) is 0 Å². The van der Waals surface area contributed by atoms with Gasteiger partial charge in [-0.05, 0) is 47.9 Å². The van der Waals surface area contributed by atoms with Crippen LogP contribution in [0.2, 0.25) is 0 Å². The lowest BCUT2D eigenvalue weighted by atomic mass is 10.0. The van der Waals surface area contributed by atoms with Crippen LogP contribution >= 0.6 is 22.7 Å². The molecular weight excluding hydrogens is 500 g/mol. The lowest BCUT2D eigenvalue weighted by Gasteiger charge is -2.24. The van der Waals surface area contributed by atoms with E-state index in [0.29, 0.717) is 21.8 Å². The molecule has 1 atom stereocenters. The molecule has 1 aliphatic rings. The fraction of sp³-hybridized carbons (Fsp3) is 0.0800. The van der Waals surface area contributed by atoms with Gasteiger partial charge in [0.25, 0.3) is 17.2 Å². The van der Waals surface area contributed by atoms with Crippen LogP contribution < -0.4 is 25.3 Å². The molecule has 0 radical (unpaired) electrons. The van der Waals surface area contributed by atoms with Crippen LogP contribution in [0.5, 0.6) is 5.75 Å². The third-order valence-electron chi connectivity index (χ3n) is 5.62. The highest BCUT2D eigenvalue weighted by Crippen LogP contribution is 2.33. The lowest BCUT2D eigenvalue weighted by Crippen LogP contribution is -2.40. The van der Waals surface area contributed by atoms with E-state index in [4.69, 9.17) is 0 Å². The number of carbonyl (C=O) groups is 1. The predicted molar refractivity (Wildman–Crippen MR) is 136 cm³/mol. The number of benzene rings is 2. The highest BCUT2D eigenvalue weighted by molar-refractivity contribution is 7.10. The Morgan fingerprint density at radius 3 is 2.61 bits per heavy atom. The molecule has 0 saturated carbocycles. The smallest absolute Gasteiger partial charge is 0.271 e. The Morgan fingerprint density at radius 2 is 1.92 bits per heavy atom. The van der Waals surface area contributed by atoms with E-state index in [1.54, 1.807) is 31.2 Å². The van der Waals surface area contributed by atoms with E-state index in [1.807, 2.05) is 23.6 Å². The van der Waals surface area contributed by atoms with Gasteiger partial charge in [-0.3, -0.25) is 24.3 Å². The summed E-state index contributed by atoms with van der Waals surface area (Å²) in [7, 11) is 0. The average molecular weight is 518 g/mol. The van der Waals surface area contributed by atoms with Crippen molar-refractivity contribution in [2.45, 2.75) is 13.0 Å². The van der Waals surface area contributed by atoms with Gasteiger partial charge < -0.3 is 10.4 Å². The van der Waals surface area contributed by atoms with Crippen LogP contribution in [0, 0.1) is 10.1 Å². The number of anilines is 1. The van der Waals surface area contributed by atoms with Crippen LogP contribution in [0.3, 0.4) is 0 Å². The van der Waals surface area contributed by atoms with E-state index in [1.165, 1.54) is 34.1 Å². The van der Waals surface area contributed by atoms with Crippen molar-refractivity contribution in [3.8, 4) is 5.75 Å². The number of nitrogens with one attached hydrogen (secondary N) is 1. The molecule has 0 aliphatic carbocycles. The Hall–Kier alpha value is -4.35. The number of hydrogen-bond donors (Lipinski definition) is 1. The number of hydrogen-bond acceptors (Lipinski definition) is 8. The molecule has 0 bridgehead atoms. The fourth-order valence-electron chi connectivity index (χ4n) is 3.99. The first-order valence-electron chi connectivity index (χ1n) is 10.7. The molecule has 180 valence electrons. The van der Waals surface area contributed by atoms with E-state index >= 15 is 0 Å². The number of thiophene rings is 1. The second-order valence-corrected chi connectivity index (χ2v) is 9.86. The Morgan fingerprint density at radius 1 is 1.14 bits per heavy atom. The van der Waals surface area contributed by atoms with Gasteiger partial charge in [0.15, 0.2) is 4.80 Å². The van der Waals surface area contributed by atoms with E-state index in [0.717, 1.165) is 22.3 Å². The first-order valence-corrected chi connectivity index (χ1v) is 12.4. The van der Waals surface area contributed by atoms with Gasteiger partial charge in [0, 0.05) is 16.6 Å². The summed E-state index contributed by atoms with van der Waals surface area (Å²) < 4.78 is 1.63. The highest BCUT2D eigenvalue weighted by Gasteiger charge is 2.33. The maximum atomic E-state index is 13.6. The number of allylic oxidation sites excluding steroid dienone is 1. The van der Waals surface area contributed by atoms with Crippen LogP contribution in [-0.4, -0.2) is 15.4 Å². The summed E-state index contributed by atoms with van der Waals surface area (Å²) in [5.41, 5.74) is 0.428. The SMILES string of the molecule is CC1=C(C(=O)Nc2ccccc2)[C@H](c2cccs2)n2c(s/c(=C/c3cccc([N+](=O)[O-])c3[O-])c2=O)=N1. The van der Waals surface area contributed by atoms with Crippen LogP contribution in [-0.2, 0) is 4.79 Å². The van der Waals surface area contributed by atoms with E-state index in [2.05, 4.69) is 10.3 Å². The van der Waals surface area contributed by atoms with Gasteiger partial charge >= 0.3 is 0 Å². The molecule has 1 aliphatic heterocycles. The molecule has 0 saturated heterocycles. The number of amides is 1. The second kappa shape index (κ2) is 9.36. The molecule has 0 unspecified atom stereocenters. The molecule has 5 rings (SSSR count). The van der Waals surface area contributed by atoms with Crippen molar-refractivity contribution in [3.05, 3.63) is 118 Å². The molecule has 4 aromatic rings. The number of para-hydroxylation sites is 2. The molecule has 0 fully saturated rings. The normalized spacial score (nSPS) is 15.4. The number of rotatable bonds is 5. The largest absolute Gasteiger partial charge is 0.867 e. The van der Waals surface area contributed by atoms with Crippen LogP contribution in [0.25, 0.3) is 6.08 Å². The number of thiazole rings is 1. The molecule has 11 heteroatoms. The van der Waals surface area contributed by atoms with E-state index in [-0.39, 0.29) is 16.0 Å². The number of nitro groups is 1. The van der Waals surface area contributed by atoms with Gasteiger partial charge in [-0.15, -0.1) is 11.3 Å². The molecular formula is C25H17N4O5S2-. The Bertz CT molecular complexity index is 1700. The first kappa shape index (κ1) is 23.4. The van der Waals surface area contributed by atoms with Crippen molar-refractivity contribution >= 4 is 46.0 Å². The zero-order valence-corrected chi connectivity index (χ0v) is 20.3. The summed E-state index contributed by atoms with van der Waals surface area (Å²) in [4.78, 5) is 43.1. The molecule has 3 heterocycles. The van der Waals surface area contributed by atoms with Gasteiger partial charge in [-0.25, -0.2) is 4.99 Å². The standard InChI is InChI=1S/C25H18N4O5S2/c1-14-20(23(31)27-16-8-3-2-4-9-16)21(18-11-6-12-35-18)28-24(32)19(36-25(28)26-14)13-15-7-5-10-17(22(15)30)29(33)34/h2-13,21,30H,1H3,(H,27,31)/p-1/b19-13+/t21-/m0/s1. The lowest BCUT2D eigenvalue weighted by molar-refractivity contribution is -0.398. The van der Waals surface area contributed by atoms with E-state index in [9.17, 15) is 24.8 Å². The fourth-order valence-corrected chi connectivity index (χ4v) is 5.85. The summed E-state index contributed by atoms with van der Waals surface area (Å²) in [6.07, 6.45) is 1.34. The Kier molecular flexibility index (Phi) is 6.08. The molecule has 9 nitrogen and oxygen atoms in total. The Labute approximate surface area is 211 Å². The Balaban J connectivity index is 1.66. The molecule has 36 heavy (non-hydrogen) atoms. The van der Waals surface area contributed by atoms with Crippen molar-refractivity contribution in [2.24, 2.45) is 4.99 Å². The van der Waals surface area contributed by atoms with Crippen molar-refractivity contribution in [2.75, 3.05) is 5.32 Å². The summed E-state index contributed by atoms with van der Waals surface area (Å²) in [5.74, 6) is -1.15. The second-order valence-electron chi connectivity index (χ2n) is 7.87. The maximum Gasteiger partial charge on any atom is 0.271 e. The van der Waals surface area contributed by atoms with Crippen LogP contribution in [0.4, 0.5) is 11.4 Å². The number of aromatic nitrogens is 1. The topological polar surface area (TPSA) is 130 Å². The number of nitrogens with zero attached hydrogens (tertiary/aromatic N) is 3. The number of carbonyl (C=O) groups excluding carboxylic acids is 1. The third kappa shape index (κ3) is 4.14. The average Bonchev–Trinajstić information content (AvgIpc) is 3.48. The van der Waals surface area contributed by atoms with Crippen LogP contribution in [0.1, 0.15) is 23.4 Å². The highest BCUT2D eigenvalue weighted by atomic mass is 32.1. The zero-order chi connectivity index (χ0) is 25.4. The van der Waals surface area contributed by atoms with Crippen LogP contribution in [0.15, 0.2) is 87.1 Å². The molecule has 1 amide bonds. The van der Waals surface area contributed by atoms with Crippen molar-refractivity contribution in [1.82, 2.24) is 4.57 Å². The van der Waals surface area contributed by atoms with Gasteiger partial charge in [0.05, 0.1) is 20.7 Å². The summed E-state index contributed by atoms with van der Waals surface area (Å²) >= 11 is 2.47. The van der Waals surface area contributed by atoms with E-state index < -0.39 is 28.0 Å². The predicted octanol–water partition coefficient (Wildman–Crippen LogP) is 2.92. The minimum absolute atomic E-state index is 0.0277. The minimum atomic E-state index is -0.776. The summed E-state index contributed by atoms with van der Waals surface area (Å²) in [6.45, 7) is 1.72. The zero-order valence-electron chi connectivity index (χ0n) is 18.7.